The van der Waals surface area contributed by atoms with E-state index in [1.54, 1.807) is 19.3 Å². The second-order valence-corrected chi connectivity index (χ2v) is 2.87. The molecule has 0 fully saturated rings. The van der Waals surface area contributed by atoms with E-state index in [1.807, 2.05) is 20.8 Å². The Morgan fingerprint density at radius 1 is 1.50 bits per heavy atom. The Hall–Kier alpha value is -0.500. The molecule has 0 aliphatic carbocycles. The van der Waals surface area contributed by atoms with Gasteiger partial charge in [0.15, 0.2) is 0 Å². The molecule has 0 bridgehead atoms. The molecule has 10 heavy (non-hydrogen) atoms. The molecule has 1 N–H and O–H groups in total. The first-order valence-corrected chi connectivity index (χ1v) is 3.47. The lowest BCUT2D eigenvalue weighted by molar-refractivity contribution is -0.0478. The van der Waals surface area contributed by atoms with Gasteiger partial charge in [-0.2, -0.15) is 0 Å². The summed E-state index contributed by atoms with van der Waals surface area (Å²) in [4.78, 5) is 0. The van der Waals surface area contributed by atoms with Crippen LogP contribution in [-0.4, -0.2) is 16.8 Å². The summed E-state index contributed by atoms with van der Waals surface area (Å²) in [5.74, 6) is 0. The van der Waals surface area contributed by atoms with Gasteiger partial charge in [0.05, 0.1) is 12.4 Å². The van der Waals surface area contributed by atoms with E-state index in [0.29, 0.717) is 0 Å². The first kappa shape index (κ1) is 9.50. The molecule has 2 heteroatoms. The zero-order valence-corrected chi connectivity index (χ0v) is 7.09. The summed E-state index contributed by atoms with van der Waals surface area (Å²) in [5, 5.41) is 9.15. The average Bonchev–Trinajstić information content (AvgIpc) is 1.84. The van der Waals surface area contributed by atoms with Gasteiger partial charge in [-0.1, -0.05) is 6.08 Å². The Morgan fingerprint density at radius 3 is 2.30 bits per heavy atom. The van der Waals surface area contributed by atoms with Crippen molar-refractivity contribution in [3.05, 3.63) is 12.3 Å². The fraction of sp³-hybridized carbons (Fsp3) is 0.750. The highest BCUT2D eigenvalue weighted by Crippen LogP contribution is 2.14. The second kappa shape index (κ2) is 3.62. The van der Waals surface area contributed by atoms with Gasteiger partial charge < -0.3 is 9.84 Å². The number of aliphatic hydroxyl groups is 1. The van der Waals surface area contributed by atoms with Crippen molar-refractivity contribution in [1.82, 2.24) is 0 Å². The van der Waals surface area contributed by atoms with Gasteiger partial charge in [-0.3, -0.25) is 0 Å². The zero-order valence-electron chi connectivity index (χ0n) is 7.09. The molecule has 0 amide bonds. The molecular formula is C8H16O2. The van der Waals surface area contributed by atoms with Gasteiger partial charge in [0.1, 0.15) is 5.60 Å². The molecule has 0 rings (SSSR count). The molecule has 0 aromatic rings. The lowest BCUT2D eigenvalue weighted by Crippen LogP contribution is -2.35. The van der Waals surface area contributed by atoms with Crippen molar-refractivity contribution < 1.29 is 9.84 Å². The maximum atomic E-state index is 9.15. The van der Waals surface area contributed by atoms with Gasteiger partial charge in [-0.25, -0.2) is 0 Å². The standard InChI is InChI=1S/C8H16O2/c1-5-6-10-8(3,4)7(2)9/h5-7,9H,1-4H3. The number of ether oxygens (including phenoxy) is 1. The predicted octanol–water partition coefficient (Wildman–Crippen LogP) is 1.70. The van der Waals surface area contributed by atoms with Crippen LogP contribution in [0.25, 0.3) is 0 Å². The monoisotopic (exact) mass is 144 g/mol. The minimum absolute atomic E-state index is 0.455. The van der Waals surface area contributed by atoms with Crippen molar-refractivity contribution in [2.75, 3.05) is 0 Å². The van der Waals surface area contributed by atoms with E-state index in [0.717, 1.165) is 0 Å². The summed E-state index contributed by atoms with van der Waals surface area (Å²) >= 11 is 0. The van der Waals surface area contributed by atoms with E-state index in [2.05, 4.69) is 0 Å². The van der Waals surface area contributed by atoms with E-state index in [9.17, 15) is 0 Å². The summed E-state index contributed by atoms with van der Waals surface area (Å²) < 4.78 is 5.21. The average molecular weight is 144 g/mol. The quantitative estimate of drug-likeness (QED) is 0.611. The van der Waals surface area contributed by atoms with Crippen molar-refractivity contribution in [3.8, 4) is 0 Å². The topological polar surface area (TPSA) is 29.5 Å². The van der Waals surface area contributed by atoms with Crippen LogP contribution in [0.1, 0.15) is 27.7 Å². The molecular weight excluding hydrogens is 128 g/mol. The molecule has 0 aromatic heterocycles. The minimum Gasteiger partial charge on any atom is -0.493 e. The van der Waals surface area contributed by atoms with Crippen LogP contribution in [0.4, 0.5) is 0 Å². The summed E-state index contributed by atoms with van der Waals surface area (Å²) in [7, 11) is 0. The maximum absolute atomic E-state index is 9.15. The van der Waals surface area contributed by atoms with Crippen molar-refractivity contribution in [1.29, 1.82) is 0 Å². The highest BCUT2D eigenvalue weighted by Gasteiger charge is 2.23. The molecule has 0 heterocycles. The molecule has 1 atom stereocenters. The van der Waals surface area contributed by atoms with Gasteiger partial charge in [-0.15, -0.1) is 0 Å². The SMILES string of the molecule is CC=COC(C)(C)C(C)O. The Labute approximate surface area is 62.5 Å². The van der Waals surface area contributed by atoms with Crippen LogP contribution in [0.2, 0.25) is 0 Å². The summed E-state index contributed by atoms with van der Waals surface area (Å²) in [5.41, 5.74) is -0.480. The van der Waals surface area contributed by atoms with E-state index in [-0.39, 0.29) is 0 Å². The van der Waals surface area contributed by atoms with Crippen LogP contribution in [0, 0.1) is 0 Å². The number of aliphatic hydroxyl groups excluding tert-OH is 1. The molecule has 0 aromatic carbocycles. The Bertz CT molecular complexity index is 114. The Balaban J connectivity index is 3.86. The summed E-state index contributed by atoms with van der Waals surface area (Å²) in [6.07, 6.45) is 2.93. The summed E-state index contributed by atoms with van der Waals surface area (Å²) in [6, 6.07) is 0. The fourth-order valence-corrected chi connectivity index (χ4v) is 0.342. The smallest absolute Gasteiger partial charge is 0.128 e. The third-order valence-corrected chi connectivity index (χ3v) is 1.51. The molecule has 2 nitrogen and oxygen atoms in total. The van der Waals surface area contributed by atoms with Crippen LogP contribution in [0.5, 0.6) is 0 Å². The Kier molecular flexibility index (Phi) is 3.43. The van der Waals surface area contributed by atoms with Crippen molar-refractivity contribution in [2.45, 2.75) is 39.4 Å². The number of allylic oxidation sites excluding steroid dienone is 1. The van der Waals surface area contributed by atoms with Crippen LogP contribution in [-0.2, 0) is 4.74 Å². The van der Waals surface area contributed by atoms with Gasteiger partial charge in [0, 0.05) is 0 Å². The number of rotatable bonds is 3. The van der Waals surface area contributed by atoms with Crippen LogP contribution < -0.4 is 0 Å². The first-order chi connectivity index (χ1) is 4.50. The maximum Gasteiger partial charge on any atom is 0.128 e. The van der Waals surface area contributed by atoms with Gasteiger partial charge >= 0.3 is 0 Å². The zero-order chi connectivity index (χ0) is 8.20. The van der Waals surface area contributed by atoms with Gasteiger partial charge in [0.25, 0.3) is 0 Å². The van der Waals surface area contributed by atoms with Crippen LogP contribution in [0.15, 0.2) is 12.3 Å². The summed E-state index contributed by atoms with van der Waals surface area (Å²) in [6.45, 7) is 7.27. The molecule has 0 aliphatic rings. The van der Waals surface area contributed by atoms with Crippen LogP contribution >= 0.6 is 0 Å². The highest BCUT2D eigenvalue weighted by atomic mass is 16.5. The van der Waals surface area contributed by atoms with Gasteiger partial charge in [-0.05, 0) is 27.7 Å². The predicted molar refractivity (Wildman–Crippen MR) is 41.7 cm³/mol. The number of hydrogen-bond donors (Lipinski definition) is 1. The lowest BCUT2D eigenvalue weighted by atomic mass is 10.0. The fourth-order valence-electron chi connectivity index (χ4n) is 0.342. The lowest BCUT2D eigenvalue weighted by Gasteiger charge is -2.27. The molecule has 0 aliphatic heterocycles. The third-order valence-electron chi connectivity index (χ3n) is 1.51. The molecule has 1 unspecified atom stereocenters. The molecule has 0 saturated carbocycles. The third kappa shape index (κ3) is 2.87. The van der Waals surface area contributed by atoms with Gasteiger partial charge in [0.2, 0.25) is 0 Å². The normalized spacial score (nSPS) is 15.7. The van der Waals surface area contributed by atoms with Crippen molar-refractivity contribution in [3.63, 3.8) is 0 Å². The van der Waals surface area contributed by atoms with Crippen molar-refractivity contribution in [2.24, 2.45) is 0 Å². The van der Waals surface area contributed by atoms with E-state index in [4.69, 9.17) is 9.84 Å². The largest absolute Gasteiger partial charge is 0.493 e. The molecule has 0 saturated heterocycles. The van der Waals surface area contributed by atoms with E-state index in [1.165, 1.54) is 0 Å². The van der Waals surface area contributed by atoms with Crippen LogP contribution in [0.3, 0.4) is 0 Å². The molecule has 0 spiro atoms. The molecule has 0 radical (unpaired) electrons. The highest BCUT2D eigenvalue weighted by molar-refractivity contribution is 4.79. The van der Waals surface area contributed by atoms with Crippen molar-refractivity contribution >= 4 is 0 Å². The van der Waals surface area contributed by atoms with E-state index < -0.39 is 11.7 Å². The minimum atomic E-state index is -0.480. The van der Waals surface area contributed by atoms with E-state index >= 15 is 0 Å². The molecule has 60 valence electrons. The number of hydrogen-bond acceptors (Lipinski definition) is 2. The first-order valence-electron chi connectivity index (χ1n) is 3.47. The second-order valence-electron chi connectivity index (χ2n) is 2.87. The Morgan fingerprint density at radius 2 is 2.00 bits per heavy atom.